The molecule has 1 aromatic rings. The molecule has 4 heteroatoms. The minimum absolute atomic E-state index is 0.321. The molecule has 0 saturated heterocycles. The number of nitrogens with two attached hydrogens (primary N) is 1. The summed E-state index contributed by atoms with van der Waals surface area (Å²) in [4.78, 5) is 4.05. The highest BCUT2D eigenvalue weighted by Crippen LogP contribution is 2.29. The molecule has 1 fully saturated rings. The van der Waals surface area contributed by atoms with Gasteiger partial charge in [-0.3, -0.25) is 10.3 Å². The summed E-state index contributed by atoms with van der Waals surface area (Å²) in [5.74, 6) is 0.321. The molecule has 2 rings (SSSR count). The lowest BCUT2D eigenvalue weighted by molar-refractivity contribution is 0.252. The van der Waals surface area contributed by atoms with Crippen LogP contribution in [0.1, 0.15) is 37.0 Å². The van der Waals surface area contributed by atoms with Gasteiger partial charge in [-0.25, -0.2) is 0 Å². The van der Waals surface area contributed by atoms with Gasteiger partial charge in [-0.2, -0.15) is 0 Å². The Bertz CT molecular complexity index is 344. The quantitative estimate of drug-likeness (QED) is 0.424. The van der Waals surface area contributed by atoms with Crippen molar-refractivity contribution in [2.75, 3.05) is 6.54 Å². The predicted molar refractivity (Wildman–Crippen MR) is 73.5 cm³/mol. The third kappa shape index (κ3) is 4.48. The van der Waals surface area contributed by atoms with Gasteiger partial charge in [0.25, 0.3) is 0 Å². The number of hydrogen-bond donors (Lipinski definition) is 2. The first kappa shape index (κ1) is 12.6. The van der Waals surface area contributed by atoms with Gasteiger partial charge in [-0.05, 0) is 43.7 Å². The summed E-state index contributed by atoms with van der Waals surface area (Å²) in [7, 11) is 0. The molecular formula is C13H21N3S. The first-order valence-electron chi connectivity index (χ1n) is 6.35. The highest BCUT2D eigenvalue weighted by atomic mass is 32.1. The molecule has 0 spiro atoms. The lowest BCUT2D eigenvalue weighted by Gasteiger charge is -2.21. The highest BCUT2D eigenvalue weighted by molar-refractivity contribution is 7.09. The van der Waals surface area contributed by atoms with Crippen molar-refractivity contribution in [3.8, 4) is 0 Å². The van der Waals surface area contributed by atoms with Crippen LogP contribution in [-0.2, 0) is 6.54 Å². The lowest BCUT2D eigenvalue weighted by Crippen LogP contribution is -2.26. The monoisotopic (exact) mass is 251 g/mol. The first-order valence-corrected chi connectivity index (χ1v) is 7.23. The number of rotatable bonds is 8. The summed E-state index contributed by atoms with van der Waals surface area (Å²) in [5.41, 5.74) is 5.36. The van der Waals surface area contributed by atoms with Crippen LogP contribution in [0.4, 0.5) is 0 Å². The summed E-state index contributed by atoms with van der Waals surface area (Å²) in [6.45, 7) is 2.25. The third-order valence-corrected chi connectivity index (χ3v) is 4.00. The fourth-order valence-corrected chi connectivity index (χ4v) is 2.79. The molecule has 0 radical (unpaired) electrons. The van der Waals surface area contributed by atoms with E-state index in [9.17, 15) is 0 Å². The number of nitrogens with zero attached hydrogens (tertiary/aromatic N) is 1. The number of unbranched alkanes of at least 4 members (excludes halogenated alkanes) is 1. The molecule has 1 heterocycles. The Balaban J connectivity index is 1.72. The molecule has 0 unspecified atom stereocenters. The summed E-state index contributed by atoms with van der Waals surface area (Å²) >= 11 is 1.84. The summed E-state index contributed by atoms with van der Waals surface area (Å²) in [6.07, 6.45) is 5.66. The maximum atomic E-state index is 7.20. The molecule has 3 nitrogen and oxygen atoms in total. The lowest BCUT2D eigenvalue weighted by atomic mass is 10.2. The molecule has 17 heavy (non-hydrogen) atoms. The van der Waals surface area contributed by atoms with Crippen molar-refractivity contribution in [3.05, 3.63) is 22.4 Å². The molecule has 94 valence electrons. The second kappa shape index (κ2) is 6.17. The molecule has 1 aromatic heterocycles. The fraction of sp³-hybridized carbons (Fsp3) is 0.615. The van der Waals surface area contributed by atoms with Crippen molar-refractivity contribution in [2.24, 2.45) is 5.73 Å². The Morgan fingerprint density at radius 3 is 2.88 bits per heavy atom. The van der Waals surface area contributed by atoms with Crippen LogP contribution in [0, 0.1) is 5.41 Å². The molecule has 3 N–H and O–H groups in total. The van der Waals surface area contributed by atoms with E-state index >= 15 is 0 Å². The van der Waals surface area contributed by atoms with Gasteiger partial charge in [-0.1, -0.05) is 6.07 Å². The van der Waals surface area contributed by atoms with Gasteiger partial charge in [0.2, 0.25) is 0 Å². The standard InChI is InChI=1S/C13H21N3S/c14-13(15)5-1-2-8-16(11-6-7-11)10-12-4-3-9-17-12/h3-4,9,11H,1-2,5-8,10H2,(H3,14,15). The van der Waals surface area contributed by atoms with E-state index in [1.807, 2.05) is 11.3 Å². The Kier molecular flexibility index (Phi) is 4.57. The van der Waals surface area contributed by atoms with Crippen molar-refractivity contribution < 1.29 is 0 Å². The minimum atomic E-state index is 0.321. The van der Waals surface area contributed by atoms with E-state index < -0.39 is 0 Å². The van der Waals surface area contributed by atoms with Crippen LogP contribution in [0.25, 0.3) is 0 Å². The van der Waals surface area contributed by atoms with E-state index in [-0.39, 0.29) is 0 Å². The van der Waals surface area contributed by atoms with Crippen molar-refractivity contribution in [3.63, 3.8) is 0 Å². The SMILES string of the molecule is N=C(N)CCCCN(Cc1cccs1)C1CC1. The Labute approximate surface area is 107 Å². The van der Waals surface area contributed by atoms with Crippen LogP contribution in [0.2, 0.25) is 0 Å². The van der Waals surface area contributed by atoms with Gasteiger partial charge >= 0.3 is 0 Å². The number of thiophene rings is 1. The maximum Gasteiger partial charge on any atom is 0.0905 e. The summed E-state index contributed by atoms with van der Waals surface area (Å²) < 4.78 is 0. The molecule has 0 atom stereocenters. The Hall–Kier alpha value is -0.870. The van der Waals surface area contributed by atoms with Gasteiger partial charge < -0.3 is 5.73 Å². The maximum absolute atomic E-state index is 7.20. The normalized spacial score (nSPS) is 15.4. The van der Waals surface area contributed by atoms with Gasteiger partial charge in [0, 0.05) is 23.9 Å². The molecule has 1 aliphatic carbocycles. The van der Waals surface area contributed by atoms with E-state index in [1.165, 1.54) is 17.7 Å². The average Bonchev–Trinajstić information content (AvgIpc) is 3.01. The van der Waals surface area contributed by atoms with Gasteiger partial charge in [0.05, 0.1) is 5.84 Å². The Morgan fingerprint density at radius 2 is 2.29 bits per heavy atom. The zero-order chi connectivity index (χ0) is 12.1. The molecule has 0 aliphatic heterocycles. The van der Waals surface area contributed by atoms with Crippen molar-refractivity contribution in [1.29, 1.82) is 5.41 Å². The Morgan fingerprint density at radius 1 is 1.47 bits per heavy atom. The van der Waals surface area contributed by atoms with Crippen LogP contribution >= 0.6 is 11.3 Å². The topological polar surface area (TPSA) is 53.1 Å². The van der Waals surface area contributed by atoms with Crippen LogP contribution in [0.5, 0.6) is 0 Å². The van der Waals surface area contributed by atoms with E-state index in [1.54, 1.807) is 0 Å². The van der Waals surface area contributed by atoms with Crippen LogP contribution in [0.15, 0.2) is 17.5 Å². The predicted octanol–water partition coefficient (Wildman–Crippen LogP) is 2.82. The molecule has 0 bridgehead atoms. The second-order valence-electron chi connectivity index (χ2n) is 4.76. The number of nitrogens with one attached hydrogen (secondary N) is 1. The second-order valence-corrected chi connectivity index (χ2v) is 5.80. The van der Waals surface area contributed by atoms with Gasteiger partial charge in [-0.15, -0.1) is 11.3 Å². The zero-order valence-electron chi connectivity index (χ0n) is 10.2. The number of amidine groups is 1. The van der Waals surface area contributed by atoms with Gasteiger partial charge in [0.15, 0.2) is 0 Å². The summed E-state index contributed by atoms with van der Waals surface area (Å²) in [6, 6.07) is 5.16. The average molecular weight is 251 g/mol. The third-order valence-electron chi connectivity index (χ3n) is 3.14. The van der Waals surface area contributed by atoms with Crippen molar-refractivity contribution >= 4 is 17.2 Å². The minimum Gasteiger partial charge on any atom is -0.388 e. The van der Waals surface area contributed by atoms with Crippen LogP contribution in [-0.4, -0.2) is 23.3 Å². The zero-order valence-corrected chi connectivity index (χ0v) is 11.0. The number of hydrogen-bond acceptors (Lipinski definition) is 3. The van der Waals surface area contributed by atoms with Crippen molar-refractivity contribution in [2.45, 2.75) is 44.7 Å². The largest absolute Gasteiger partial charge is 0.388 e. The van der Waals surface area contributed by atoms with E-state index in [0.29, 0.717) is 5.84 Å². The van der Waals surface area contributed by atoms with E-state index in [0.717, 1.165) is 38.4 Å². The highest BCUT2D eigenvalue weighted by Gasteiger charge is 2.28. The van der Waals surface area contributed by atoms with Crippen LogP contribution in [0.3, 0.4) is 0 Å². The first-order chi connectivity index (χ1) is 8.25. The molecule has 0 aromatic carbocycles. The van der Waals surface area contributed by atoms with E-state index in [2.05, 4.69) is 22.4 Å². The smallest absolute Gasteiger partial charge is 0.0905 e. The fourth-order valence-electron chi connectivity index (χ4n) is 2.06. The molecule has 1 saturated carbocycles. The van der Waals surface area contributed by atoms with Gasteiger partial charge in [0.1, 0.15) is 0 Å². The molecule has 1 aliphatic rings. The van der Waals surface area contributed by atoms with Crippen molar-refractivity contribution in [1.82, 2.24) is 4.90 Å². The van der Waals surface area contributed by atoms with E-state index in [4.69, 9.17) is 11.1 Å². The molecular weight excluding hydrogens is 230 g/mol. The van der Waals surface area contributed by atoms with Crippen LogP contribution < -0.4 is 5.73 Å². The summed E-state index contributed by atoms with van der Waals surface area (Å²) in [5, 5.41) is 9.35. The molecule has 0 amide bonds.